The summed E-state index contributed by atoms with van der Waals surface area (Å²) in [5.41, 5.74) is 2.77. The minimum absolute atomic E-state index is 0.162. The van der Waals surface area contributed by atoms with E-state index >= 15 is 0 Å². The number of alkyl halides is 3. The van der Waals surface area contributed by atoms with E-state index in [1.807, 2.05) is 18.2 Å². The minimum Gasteiger partial charge on any atom is -0.491 e. The smallest absolute Gasteiger partial charge is 0.422 e. The van der Waals surface area contributed by atoms with Crippen molar-refractivity contribution in [1.82, 2.24) is 20.2 Å². The topological polar surface area (TPSA) is 103 Å². The van der Waals surface area contributed by atoms with Crippen LogP contribution in [0.4, 0.5) is 13.2 Å². The fourth-order valence-electron chi connectivity index (χ4n) is 3.95. The fraction of sp³-hybridized carbons (Fsp3) is 0.308. The van der Waals surface area contributed by atoms with E-state index < -0.39 is 24.7 Å². The molecule has 1 atom stereocenters. The zero-order valence-corrected chi connectivity index (χ0v) is 20.8. The third-order valence-corrected chi connectivity index (χ3v) is 5.73. The first-order chi connectivity index (χ1) is 18.1. The molecular weight excluding hydrogens is 505 g/mol. The number of carbonyl (C=O) groups is 2. The highest BCUT2D eigenvalue weighted by Crippen LogP contribution is 2.35. The summed E-state index contributed by atoms with van der Waals surface area (Å²) in [7, 11) is 4.72. The van der Waals surface area contributed by atoms with Crippen LogP contribution in [0.1, 0.15) is 26.3 Å². The first kappa shape index (κ1) is 26.7. The maximum atomic E-state index is 12.8. The van der Waals surface area contributed by atoms with Crippen molar-refractivity contribution in [2.45, 2.75) is 18.6 Å². The number of nitrogens with zero attached hydrogens (tertiary/aromatic N) is 3. The lowest BCUT2D eigenvalue weighted by Gasteiger charge is -2.28. The van der Waals surface area contributed by atoms with Gasteiger partial charge in [0.15, 0.2) is 6.61 Å². The third kappa shape index (κ3) is 6.13. The van der Waals surface area contributed by atoms with Crippen molar-refractivity contribution in [3.05, 3.63) is 65.5 Å². The highest BCUT2D eigenvalue weighted by atomic mass is 19.4. The van der Waals surface area contributed by atoms with E-state index in [0.29, 0.717) is 23.3 Å². The van der Waals surface area contributed by atoms with Gasteiger partial charge < -0.3 is 24.4 Å². The molecule has 0 aliphatic carbocycles. The highest BCUT2D eigenvalue weighted by Gasteiger charge is 2.29. The summed E-state index contributed by atoms with van der Waals surface area (Å²) in [4.78, 5) is 35.0. The number of fused-ring (bicyclic) bond motifs is 1. The number of benzene rings is 1. The van der Waals surface area contributed by atoms with Crippen LogP contribution in [0.25, 0.3) is 11.1 Å². The predicted molar refractivity (Wildman–Crippen MR) is 130 cm³/mol. The van der Waals surface area contributed by atoms with Crippen LogP contribution in [0.15, 0.2) is 48.8 Å². The summed E-state index contributed by atoms with van der Waals surface area (Å²) in [5, 5.41) is 2.87. The third-order valence-electron chi connectivity index (χ3n) is 5.73. The van der Waals surface area contributed by atoms with Gasteiger partial charge in [-0.3, -0.25) is 9.59 Å². The Balaban J connectivity index is 1.51. The molecule has 3 aromatic rings. The summed E-state index contributed by atoms with van der Waals surface area (Å²) >= 11 is 0. The number of hydrogen-bond acceptors (Lipinski definition) is 7. The van der Waals surface area contributed by atoms with Crippen LogP contribution in [0, 0.1) is 0 Å². The minimum atomic E-state index is -4.49. The van der Waals surface area contributed by atoms with E-state index in [0.717, 1.165) is 17.3 Å². The van der Waals surface area contributed by atoms with Gasteiger partial charge in [0, 0.05) is 50.1 Å². The molecule has 12 heteroatoms. The fourth-order valence-corrected chi connectivity index (χ4v) is 3.95. The molecule has 1 aliphatic rings. The van der Waals surface area contributed by atoms with Gasteiger partial charge in [-0.05, 0) is 23.8 Å². The largest absolute Gasteiger partial charge is 0.491 e. The first-order valence-corrected chi connectivity index (χ1v) is 11.5. The SMILES string of the molecule is COc1ncc(-c2cccc3c2C[C@H](NC(=O)c2ccc(OCC(F)(F)F)nc2)CO3)cc1C(=O)N(C)C. The van der Waals surface area contributed by atoms with Gasteiger partial charge in [-0.15, -0.1) is 0 Å². The molecule has 0 saturated carbocycles. The summed E-state index contributed by atoms with van der Waals surface area (Å²) in [5.74, 6) is -0.0944. The van der Waals surface area contributed by atoms with E-state index in [2.05, 4.69) is 20.0 Å². The molecule has 2 amide bonds. The van der Waals surface area contributed by atoms with Gasteiger partial charge in [0.25, 0.3) is 11.8 Å². The Kier molecular flexibility index (Phi) is 7.70. The Morgan fingerprint density at radius 1 is 1.16 bits per heavy atom. The number of amides is 2. The number of carbonyl (C=O) groups excluding carboxylic acids is 2. The Labute approximate surface area is 216 Å². The van der Waals surface area contributed by atoms with E-state index in [9.17, 15) is 22.8 Å². The number of halogens is 3. The molecule has 200 valence electrons. The van der Waals surface area contributed by atoms with Gasteiger partial charge in [-0.1, -0.05) is 12.1 Å². The van der Waals surface area contributed by atoms with Crippen LogP contribution >= 0.6 is 0 Å². The first-order valence-electron chi connectivity index (χ1n) is 11.5. The Hall–Kier alpha value is -4.35. The Bertz CT molecular complexity index is 1330. The quantitative estimate of drug-likeness (QED) is 0.499. The number of hydrogen-bond donors (Lipinski definition) is 1. The van der Waals surface area contributed by atoms with E-state index in [4.69, 9.17) is 9.47 Å². The molecule has 9 nitrogen and oxygen atoms in total. The van der Waals surface area contributed by atoms with Crippen molar-refractivity contribution in [1.29, 1.82) is 0 Å². The number of rotatable bonds is 7. The molecule has 0 bridgehead atoms. The number of ether oxygens (including phenoxy) is 3. The van der Waals surface area contributed by atoms with Gasteiger partial charge in [0.2, 0.25) is 11.8 Å². The molecule has 1 N–H and O–H groups in total. The predicted octanol–water partition coefficient (Wildman–Crippen LogP) is 3.53. The molecule has 1 aliphatic heterocycles. The maximum absolute atomic E-state index is 12.8. The number of pyridine rings is 2. The van der Waals surface area contributed by atoms with Crippen LogP contribution in [0.3, 0.4) is 0 Å². The van der Waals surface area contributed by atoms with Crippen LogP contribution in [0.2, 0.25) is 0 Å². The second-order valence-corrected chi connectivity index (χ2v) is 8.74. The summed E-state index contributed by atoms with van der Waals surface area (Å²) < 4.78 is 52.7. The maximum Gasteiger partial charge on any atom is 0.422 e. The van der Waals surface area contributed by atoms with Crippen LogP contribution in [0.5, 0.6) is 17.5 Å². The van der Waals surface area contributed by atoms with Crippen molar-refractivity contribution < 1.29 is 37.0 Å². The summed E-state index contributed by atoms with van der Waals surface area (Å²) in [6.07, 6.45) is -1.30. The number of methoxy groups -OCH3 is 1. The number of aromatic nitrogens is 2. The molecule has 2 aromatic heterocycles. The normalized spacial score (nSPS) is 14.6. The van der Waals surface area contributed by atoms with E-state index in [1.165, 1.54) is 24.1 Å². The molecule has 0 unspecified atom stereocenters. The van der Waals surface area contributed by atoms with Crippen molar-refractivity contribution >= 4 is 11.8 Å². The van der Waals surface area contributed by atoms with Crippen molar-refractivity contribution in [3.63, 3.8) is 0 Å². The van der Waals surface area contributed by atoms with E-state index in [1.54, 1.807) is 26.4 Å². The lowest BCUT2D eigenvalue weighted by molar-refractivity contribution is -0.154. The standard InChI is InChI=1S/C26H25F3N4O5/c1-33(2)25(35)20-9-16(12-31-24(20)36-3)18-5-4-6-21-19(18)10-17(13-37-21)32-23(34)15-7-8-22(30-11-15)38-14-26(27,28)29/h4-9,11-12,17H,10,13-14H2,1-3H3,(H,32,34)/t17-/m0/s1. The van der Waals surface area contributed by atoms with Crippen molar-refractivity contribution in [2.75, 3.05) is 34.4 Å². The molecule has 3 heterocycles. The zero-order chi connectivity index (χ0) is 27.4. The van der Waals surface area contributed by atoms with Crippen LogP contribution in [-0.4, -0.2) is 73.3 Å². The van der Waals surface area contributed by atoms with Crippen LogP contribution in [-0.2, 0) is 6.42 Å². The molecule has 1 aromatic carbocycles. The van der Waals surface area contributed by atoms with Gasteiger partial charge in [0.05, 0.1) is 18.7 Å². The molecule has 0 spiro atoms. The van der Waals surface area contributed by atoms with Gasteiger partial charge in [-0.2, -0.15) is 13.2 Å². The van der Waals surface area contributed by atoms with Gasteiger partial charge in [-0.25, -0.2) is 9.97 Å². The average Bonchev–Trinajstić information content (AvgIpc) is 2.90. The molecule has 38 heavy (non-hydrogen) atoms. The molecule has 0 radical (unpaired) electrons. The molecular formula is C26H25F3N4O5. The number of nitrogens with one attached hydrogen (secondary N) is 1. The van der Waals surface area contributed by atoms with Gasteiger partial charge in [0.1, 0.15) is 17.9 Å². The molecule has 0 saturated heterocycles. The van der Waals surface area contributed by atoms with E-state index in [-0.39, 0.29) is 29.8 Å². The summed E-state index contributed by atoms with van der Waals surface area (Å²) in [6, 6.07) is 9.38. The average molecular weight is 531 g/mol. The lowest BCUT2D eigenvalue weighted by atomic mass is 9.93. The molecule has 4 rings (SSSR count). The van der Waals surface area contributed by atoms with Gasteiger partial charge >= 0.3 is 6.18 Å². The van der Waals surface area contributed by atoms with Crippen molar-refractivity contribution in [2.24, 2.45) is 0 Å². The molecule has 0 fully saturated rings. The van der Waals surface area contributed by atoms with Crippen LogP contribution < -0.4 is 19.5 Å². The lowest BCUT2D eigenvalue weighted by Crippen LogP contribution is -2.42. The second kappa shape index (κ2) is 11.0. The zero-order valence-electron chi connectivity index (χ0n) is 20.8. The monoisotopic (exact) mass is 530 g/mol. The Morgan fingerprint density at radius 2 is 1.95 bits per heavy atom. The Morgan fingerprint density at radius 3 is 2.61 bits per heavy atom. The highest BCUT2D eigenvalue weighted by molar-refractivity contribution is 5.97. The van der Waals surface area contributed by atoms with Crippen molar-refractivity contribution in [3.8, 4) is 28.6 Å². The summed E-state index contributed by atoms with van der Waals surface area (Å²) in [6.45, 7) is -1.26. The second-order valence-electron chi connectivity index (χ2n) is 8.74.